The molecule has 0 bridgehead atoms. The average molecular weight is 412 g/mol. The summed E-state index contributed by atoms with van der Waals surface area (Å²) < 4.78 is 5.29. The normalized spacial score (nSPS) is 20.3. The van der Waals surface area contributed by atoms with E-state index >= 15 is 0 Å². The fourth-order valence-corrected chi connectivity index (χ4v) is 4.73. The molecule has 1 fully saturated rings. The van der Waals surface area contributed by atoms with E-state index in [-0.39, 0.29) is 5.91 Å². The van der Waals surface area contributed by atoms with Gasteiger partial charge in [-0.1, -0.05) is 11.6 Å². The molecule has 148 valence electrons. The first-order valence-electron chi connectivity index (χ1n) is 9.14. The third-order valence-corrected chi connectivity index (χ3v) is 6.00. The minimum Gasteiger partial charge on any atom is -0.444 e. The van der Waals surface area contributed by atoms with Crippen molar-refractivity contribution in [2.75, 3.05) is 35.7 Å². The molecule has 1 N–H and O–H groups in total. The topological polar surface area (TPSA) is 61.9 Å². The molecule has 1 aromatic rings. The molecular formula is C19H26ClN3O3S. The van der Waals surface area contributed by atoms with Crippen LogP contribution in [0.4, 0.5) is 16.2 Å². The predicted molar refractivity (Wildman–Crippen MR) is 110 cm³/mol. The number of carbonyl (C=O) groups excluding carboxylic acids is 2. The minimum atomic E-state index is -0.656. The van der Waals surface area contributed by atoms with E-state index in [0.717, 1.165) is 42.2 Å². The van der Waals surface area contributed by atoms with Gasteiger partial charge in [0, 0.05) is 30.8 Å². The Morgan fingerprint density at radius 3 is 2.56 bits per heavy atom. The Labute approximate surface area is 169 Å². The van der Waals surface area contributed by atoms with Crippen LogP contribution < -0.4 is 15.1 Å². The summed E-state index contributed by atoms with van der Waals surface area (Å²) in [6.45, 7) is 7.33. The average Bonchev–Trinajstić information content (AvgIpc) is 3.06. The Bertz CT molecular complexity index is 744. The van der Waals surface area contributed by atoms with E-state index in [1.165, 1.54) is 11.8 Å². The number of alkyl carbamates (subject to hydrolysis) is 1. The van der Waals surface area contributed by atoms with Gasteiger partial charge in [-0.25, -0.2) is 4.79 Å². The first-order chi connectivity index (χ1) is 12.7. The Kier molecular flexibility index (Phi) is 5.82. The smallest absolute Gasteiger partial charge is 0.408 e. The quantitative estimate of drug-likeness (QED) is 0.799. The maximum absolute atomic E-state index is 12.9. The van der Waals surface area contributed by atoms with Gasteiger partial charge in [-0.3, -0.25) is 4.79 Å². The monoisotopic (exact) mass is 411 g/mol. The Balaban J connectivity index is 1.81. The third kappa shape index (κ3) is 4.63. The lowest BCUT2D eigenvalue weighted by Crippen LogP contribution is -2.49. The molecule has 3 rings (SSSR count). The molecule has 2 amide bonds. The van der Waals surface area contributed by atoms with Crippen molar-refractivity contribution in [2.24, 2.45) is 0 Å². The molecule has 0 unspecified atom stereocenters. The number of halogens is 1. The second-order valence-electron chi connectivity index (χ2n) is 7.87. The van der Waals surface area contributed by atoms with Gasteiger partial charge >= 0.3 is 6.09 Å². The Morgan fingerprint density at radius 1 is 1.26 bits per heavy atom. The van der Waals surface area contributed by atoms with Crippen molar-refractivity contribution in [3.05, 3.63) is 17.2 Å². The molecule has 1 aromatic carbocycles. The second kappa shape index (κ2) is 7.80. The van der Waals surface area contributed by atoms with Crippen LogP contribution in [0.1, 0.15) is 33.6 Å². The summed E-state index contributed by atoms with van der Waals surface area (Å²) in [5.74, 6) is 0.260. The van der Waals surface area contributed by atoms with Crippen molar-refractivity contribution in [1.29, 1.82) is 0 Å². The van der Waals surface area contributed by atoms with Crippen molar-refractivity contribution >= 4 is 46.7 Å². The number of hydrogen-bond donors (Lipinski definition) is 1. The van der Waals surface area contributed by atoms with Gasteiger partial charge < -0.3 is 19.9 Å². The first kappa shape index (κ1) is 20.1. The van der Waals surface area contributed by atoms with Crippen LogP contribution in [0.3, 0.4) is 0 Å². The van der Waals surface area contributed by atoms with E-state index in [1.807, 2.05) is 12.1 Å². The summed E-state index contributed by atoms with van der Waals surface area (Å²) in [5, 5.41) is 3.39. The van der Waals surface area contributed by atoms with Crippen LogP contribution >= 0.6 is 23.4 Å². The number of nitrogens with zero attached hydrogens (tertiary/aromatic N) is 2. The first-order valence-corrected chi connectivity index (χ1v) is 10.5. The summed E-state index contributed by atoms with van der Waals surface area (Å²) in [6.07, 6.45) is 1.72. The molecule has 0 spiro atoms. The highest BCUT2D eigenvalue weighted by atomic mass is 35.5. The van der Waals surface area contributed by atoms with Crippen LogP contribution in [-0.2, 0) is 9.53 Å². The van der Waals surface area contributed by atoms with E-state index in [4.69, 9.17) is 16.3 Å². The predicted octanol–water partition coefficient (Wildman–Crippen LogP) is 3.90. The van der Waals surface area contributed by atoms with Gasteiger partial charge in [0.05, 0.1) is 16.4 Å². The third-order valence-electron chi connectivity index (χ3n) is 4.56. The zero-order chi connectivity index (χ0) is 19.8. The molecule has 1 atom stereocenters. The summed E-state index contributed by atoms with van der Waals surface area (Å²) in [6, 6.07) is 3.26. The van der Waals surface area contributed by atoms with Crippen LogP contribution in [0.5, 0.6) is 0 Å². The molecule has 2 aliphatic rings. The molecule has 8 heteroatoms. The number of hydrogen-bond acceptors (Lipinski definition) is 5. The van der Waals surface area contributed by atoms with Gasteiger partial charge in [-0.2, -0.15) is 0 Å². The van der Waals surface area contributed by atoms with Crippen molar-refractivity contribution in [1.82, 2.24) is 5.32 Å². The number of fused-ring (bicyclic) bond motifs is 1. The fraction of sp³-hybridized carbons (Fsp3) is 0.579. The maximum Gasteiger partial charge on any atom is 0.408 e. The minimum absolute atomic E-state index is 0.165. The largest absolute Gasteiger partial charge is 0.444 e. The summed E-state index contributed by atoms with van der Waals surface area (Å²) in [4.78, 5) is 29.8. The molecule has 0 saturated carbocycles. The van der Waals surface area contributed by atoms with E-state index in [1.54, 1.807) is 32.7 Å². The van der Waals surface area contributed by atoms with E-state index in [2.05, 4.69) is 10.2 Å². The lowest BCUT2D eigenvalue weighted by atomic mass is 10.2. The summed E-state index contributed by atoms with van der Waals surface area (Å²) >= 11 is 8.04. The standard InChI is InChI=1S/C19H26ClN3O3S/c1-19(2,3)26-18(25)21-13-11-27-16-9-12(20)14(23-7-5-6-8-23)10-15(16)22(4)17(13)24/h9-10,13H,5-8,11H2,1-4H3,(H,21,25)/t13-/m0/s1. The number of thioether (sulfide) groups is 1. The number of carbonyl (C=O) groups is 2. The van der Waals surface area contributed by atoms with E-state index in [9.17, 15) is 9.59 Å². The summed E-state index contributed by atoms with van der Waals surface area (Å²) in [7, 11) is 1.73. The second-order valence-corrected chi connectivity index (χ2v) is 9.34. The molecule has 2 aliphatic heterocycles. The molecule has 0 radical (unpaired) electrons. The number of benzene rings is 1. The molecule has 27 heavy (non-hydrogen) atoms. The molecule has 6 nitrogen and oxygen atoms in total. The number of likely N-dealkylation sites (N-methyl/N-ethyl adjacent to an activating group) is 1. The van der Waals surface area contributed by atoms with E-state index < -0.39 is 17.7 Å². The van der Waals surface area contributed by atoms with Crippen LogP contribution in [0.25, 0.3) is 0 Å². The zero-order valence-corrected chi connectivity index (χ0v) is 17.7. The SMILES string of the molecule is CN1C(=O)[C@@H](NC(=O)OC(C)(C)C)CSc2cc(Cl)c(N3CCCC3)cc21. The van der Waals surface area contributed by atoms with Gasteiger partial charge in [0.15, 0.2) is 0 Å². The molecule has 0 aliphatic carbocycles. The molecular weight excluding hydrogens is 386 g/mol. The molecule has 2 heterocycles. The lowest BCUT2D eigenvalue weighted by molar-refractivity contribution is -0.119. The lowest BCUT2D eigenvalue weighted by Gasteiger charge is -2.26. The van der Waals surface area contributed by atoms with Gasteiger partial charge in [0.1, 0.15) is 11.6 Å². The van der Waals surface area contributed by atoms with Crippen molar-refractivity contribution < 1.29 is 14.3 Å². The maximum atomic E-state index is 12.9. The van der Waals surface area contributed by atoms with Gasteiger partial charge in [-0.15, -0.1) is 11.8 Å². The van der Waals surface area contributed by atoms with Crippen molar-refractivity contribution in [3.63, 3.8) is 0 Å². The van der Waals surface area contributed by atoms with Crippen LogP contribution in [0.15, 0.2) is 17.0 Å². The number of anilines is 2. The van der Waals surface area contributed by atoms with Crippen molar-refractivity contribution in [3.8, 4) is 0 Å². The van der Waals surface area contributed by atoms with Gasteiger partial charge in [-0.05, 0) is 45.7 Å². The Morgan fingerprint density at radius 2 is 1.93 bits per heavy atom. The van der Waals surface area contributed by atoms with Crippen LogP contribution in [0, 0.1) is 0 Å². The van der Waals surface area contributed by atoms with Crippen LogP contribution in [-0.4, -0.2) is 49.5 Å². The van der Waals surface area contributed by atoms with Gasteiger partial charge in [0.2, 0.25) is 5.91 Å². The number of ether oxygens (including phenoxy) is 1. The zero-order valence-electron chi connectivity index (χ0n) is 16.2. The molecule has 0 aromatic heterocycles. The summed E-state index contributed by atoms with van der Waals surface area (Å²) in [5.41, 5.74) is 1.18. The van der Waals surface area contributed by atoms with Crippen LogP contribution in [0.2, 0.25) is 5.02 Å². The highest BCUT2D eigenvalue weighted by Crippen LogP contribution is 2.41. The number of amides is 2. The highest BCUT2D eigenvalue weighted by Gasteiger charge is 2.32. The number of nitrogens with one attached hydrogen (secondary N) is 1. The fourth-order valence-electron chi connectivity index (χ4n) is 3.26. The van der Waals surface area contributed by atoms with Gasteiger partial charge in [0.25, 0.3) is 0 Å². The van der Waals surface area contributed by atoms with Crippen molar-refractivity contribution in [2.45, 2.75) is 50.2 Å². The number of rotatable bonds is 2. The highest BCUT2D eigenvalue weighted by molar-refractivity contribution is 7.99. The van der Waals surface area contributed by atoms with E-state index in [0.29, 0.717) is 10.8 Å². The Hall–Kier alpha value is -1.60. The molecule has 1 saturated heterocycles.